The third kappa shape index (κ3) is 3.93. The Bertz CT molecular complexity index is 678. The minimum absolute atomic E-state index is 0.265. The summed E-state index contributed by atoms with van der Waals surface area (Å²) in [6.07, 6.45) is -0.656. The van der Waals surface area contributed by atoms with E-state index in [2.05, 4.69) is 5.32 Å². The topological polar surface area (TPSA) is 38.3 Å². The van der Waals surface area contributed by atoms with E-state index in [9.17, 15) is 4.79 Å². The number of amides is 1. The van der Waals surface area contributed by atoms with E-state index in [4.69, 9.17) is 27.9 Å². The van der Waals surface area contributed by atoms with E-state index in [1.54, 1.807) is 31.2 Å². The van der Waals surface area contributed by atoms with Gasteiger partial charge in [0.05, 0.1) is 10.7 Å². The van der Waals surface area contributed by atoms with Gasteiger partial charge in [-0.15, -0.1) is 0 Å². The number of carbonyl (C=O) groups is 1. The van der Waals surface area contributed by atoms with Gasteiger partial charge in [0, 0.05) is 5.02 Å². The van der Waals surface area contributed by atoms with Crippen molar-refractivity contribution in [2.24, 2.45) is 0 Å². The molecule has 2 rings (SSSR count). The number of carbonyl (C=O) groups excluding carboxylic acids is 1. The lowest BCUT2D eigenvalue weighted by Crippen LogP contribution is -2.30. The number of hydrogen-bond donors (Lipinski definition) is 1. The highest BCUT2D eigenvalue weighted by molar-refractivity contribution is 6.33. The largest absolute Gasteiger partial charge is 0.481 e. The quantitative estimate of drug-likeness (QED) is 0.850. The fourth-order valence-corrected chi connectivity index (χ4v) is 2.32. The highest BCUT2D eigenvalue weighted by atomic mass is 35.5. The van der Waals surface area contributed by atoms with Crippen molar-refractivity contribution in [3.8, 4) is 5.75 Å². The lowest BCUT2D eigenvalue weighted by atomic mass is 10.1. The Hall–Kier alpha value is -1.71. The second-order valence-electron chi connectivity index (χ2n) is 5.10. The predicted molar refractivity (Wildman–Crippen MR) is 91.1 cm³/mol. The van der Waals surface area contributed by atoms with Crippen molar-refractivity contribution in [1.29, 1.82) is 0 Å². The zero-order valence-corrected chi connectivity index (χ0v) is 14.1. The van der Waals surface area contributed by atoms with E-state index >= 15 is 0 Å². The molecule has 3 nitrogen and oxygen atoms in total. The van der Waals surface area contributed by atoms with Gasteiger partial charge in [-0.3, -0.25) is 4.79 Å². The number of rotatable bonds is 4. The second-order valence-corrected chi connectivity index (χ2v) is 5.89. The maximum atomic E-state index is 12.2. The number of anilines is 1. The fourth-order valence-electron chi connectivity index (χ4n) is 2.03. The van der Waals surface area contributed by atoms with Crippen molar-refractivity contribution >= 4 is 34.8 Å². The van der Waals surface area contributed by atoms with E-state index in [0.717, 1.165) is 11.1 Å². The van der Waals surface area contributed by atoms with Crippen molar-refractivity contribution in [3.05, 3.63) is 57.6 Å². The summed E-state index contributed by atoms with van der Waals surface area (Å²) >= 11 is 12.1. The van der Waals surface area contributed by atoms with Crippen molar-refractivity contribution in [1.82, 2.24) is 0 Å². The number of aryl methyl sites for hydroxylation is 2. The molecular weight excluding hydrogens is 321 g/mol. The van der Waals surface area contributed by atoms with Crippen LogP contribution in [0.3, 0.4) is 0 Å². The number of halogens is 2. The van der Waals surface area contributed by atoms with Crippen LogP contribution in [0.15, 0.2) is 36.4 Å². The molecule has 0 aliphatic carbocycles. The molecular formula is C17H17Cl2NO2. The van der Waals surface area contributed by atoms with Crippen molar-refractivity contribution in [2.75, 3.05) is 5.32 Å². The molecule has 0 spiro atoms. The fraction of sp³-hybridized carbons (Fsp3) is 0.235. The molecule has 0 aromatic heterocycles. The number of hydrogen-bond acceptors (Lipinski definition) is 2. The van der Waals surface area contributed by atoms with Crippen LogP contribution in [0.5, 0.6) is 5.75 Å². The Kier molecular flexibility index (Phi) is 5.33. The third-order valence-electron chi connectivity index (χ3n) is 3.22. The number of ether oxygens (including phenoxy) is 1. The molecule has 0 radical (unpaired) electrons. The molecule has 0 unspecified atom stereocenters. The lowest BCUT2D eigenvalue weighted by molar-refractivity contribution is -0.122. The summed E-state index contributed by atoms with van der Waals surface area (Å²) in [6.45, 7) is 5.48. The molecule has 0 aliphatic heterocycles. The van der Waals surface area contributed by atoms with Crippen LogP contribution in [-0.2, 0) is 4.79 Å². The minimum Gasteiger partial charge on any atom is -0.481 e. The molecule has 0 heterocycles. The van der Waals surface area contributed by atoms with Crippen LogP contribution in [0, 0.1) is 13.8 Å². The average Bonchev–Trinajstić information content (AvgIpc) is 2.47. The summed E-state index contributed by atoms with van der Waals surface area (Å²) in [6, 6.07) is 10.7. The van der Waals surface area contributed by atoms with Gasteiger partial charge in [0.2, 0.25) is 0 Å². The third-order valence-corrected chi connectivity index (χ3v) is 4.15. The summed E-state index contributed by atoms with van der Waals surface area (Å²) in [5.74, 6) is 0.347. The molecule has 2 aromatic carbocycles. The summed E-state index contributed by atoms with van der Waals surface area (Å²) < 4.78 is 5.69. The van der Waals surface area contributed by atoms with E-state index in [-0.39, 0.29) is 5.91 Å². The number of benzene rings is 2. The maximum Gasteiger partial charge on any atom is 0.265 e. The van der Waals surface area contributed by atoms with Gasteiger partial charge < -0.3 is 10.1 Å². The molecule has 0 aliphatic rings. The van der Waals surface area contributed by atoms with Crippen LogP contribution in [0.2, 0.25) is 10.0 Å². The Balaban J connectivity index is 2.07. The first-order valence-corrected chi connectivity index (χ1v) is 7.63. The van der Waals surface area contributed by atoms with Crippen LogP contribution >= 0.6 is 23.2 Å². The van der Waals surface area contributed by atoms with Gasteiger partial charge in [-0.2, -0.15) is 0 Å². The monoisotopic (exact) mass is 337 g/mol. The Labute approximate surface area is 140 Å². The van der Waals surface area contributed by atoms with Crippen molar-refractivity contribution in [2.45, 2.75) is 26.9 Å². The number of nitrogens with one attached hydrogen (secondary N) is 1. The van der Waals surface area contributed by atoms with Gasteiger partial charge in [0.1, 0.15) is 5.75 Å². The van der Waals surface area contributed by atoms with Crippen LogP contribution in [0.1, 0.15) is 18.1 Å². The average molecular weight is 338 g/mol. The molecule has 1 amide bonds. The Morgan fingerprint density at radius 3 is 2.32 bits per heavy atom. The van der Waals surface area contributed by atoms with Crippen LogP contribution in [0.25, 0.3) is 0 Å². The standard InChI is InChI=1S/C17H17Cl2NO2/c1-10-8-13(9-11(2)16(10)19)22-12(3)17(21)20-15-7-5-4-6-14(15)18/h4-9,12H,1-3H3,(H,20,21)/t12-/m1/s1. The molecule has 1 atom stereocenters. The van der Waals surface area contributed by atoms with Crippen molar-refractivity contribution in [3.63, 3.8) is 0 Å². The molecule has 0 fully saturated rings. The normalized spacial score (nSPS) is 11.9. The molecule has 0 saturated carbocycles. The zero-order valence-electron chi connectivity index (χ0n) is 12.6. The van der Waals surface area contributed by atoms with E-state index in [0.29, 0.717) is 21.5 Å². The van der Waals surface area contributed by atoms with Gasteiger partial charge in [-0.25, -0.2) is 0 Å². The van der Waals surface area contributed by atoms with Crippen LogP contribution in [-0.4, -0.2) is 12.0 Å². The van der Waals surface area contributed by atoms with Gasteiger partial charge in [-0.1, -0.05) is 35.3 Å². The van der Waals surface area contributed by atoms with Crippen LogP contribution < -0.4 is 10.1 Å². The first kappa shape index (κ1) is 16.7. The summed E-state index contributed by atoms with van der Waals surface area (Å²) in [4.78, 5) is 12.2. The number of para-hydroxylation sites is 1. The minimum atomic E-state index is -0.656. The lowest BCUT2D eigenvalue weighted by Gasteiger charge is -2.16. The van der Waals surface area contributed by atoms with E-state index < -0.39 is 6.10 Å². The Morgan fingerprint density at radius 1 is 1.14 bits per heavy atom. The summed E-state index contributed by atoms with van der Waals surface area (Å²) in [5.41, 5.74) is 2.39. The summed E-state index contributed by atoms with van der Waals surface area (Å²) in [5, 5.41) is 3.94. The maximum absolute atomic E-state index is 12.2. The van der Waals surface area contributed by atoms with Gasteiger partial charge in [0.15, 0.2) is 6.10 Å². The van der Waals surface area contributed by atoms with E-state index in [1.165, 1.54) is 0 Å². The van der Waals surface area contributed by atoms with Crippen molar-refractivity contribution < 1.29 is 9.53 Å². The van der Waals surface area contributed by atoms with Gasteiger partial charge >= 0.3 is 0 Å². The molecule has 0 saturated heterocycles. The first-order valence-electron chi connectivity index (χ1n) is 6.87. The highest BCUT2D eigenvalue weighted by Crippen LogP contribution is 2.27. The molecule has 2 aromatic rings. The molecule has 0 bridgehead atoms. The molecule has 1 N–H and O–H groups in total. The van der Waals surface area contributed by atoms with E-state index in [1.807, 2.05) is 26.0 Å². The van der Waals surface area contributed by atoms with Gasteiger partial charge in [0.25, 0.3) is 5.91 Å². The predicted octanol–water partition coefficient (Wildman–Crippen LogP) is 5.02. The smallest absolute Gasteiger partial charge is 0.265 e. The van der Waals surface area contributed by atoms with Crippen LogP contribution in [0.4, 0.5) is 5.69 Å². The SMILES string of the molecule is Cc1cc(O[C@H](C)C(=O)Nc2ccccc2Cl)cc(C)c1Cl. The Morgan fingerprint density at radius 2 is 1.73 bits per heavy atom. The second kappa shape index (κ2) is 7.03. The molecule has 5 heteroatoms. The molecule has 22 heavy (non-hydrogen) atoms. The first-order chi connectivity index (χ1) is 10.4. The highest BCUT2D eigenvalue weighted by Gasteiger charge is 2.16. The van der Waals surface area contributed by atoms with Gasteiger partial charge in [-0.05, 0) is 56.2 Å². The molecule has 116 valence electrons. The summed E-state index contributed by atoms with van der Waals surface area (Å²) in [7, 11) is 0. The zero-order chi connectivity index (χ0) is 16.3.